The lowest BCUT2D eigenvalue weighted by molar-refractivity contribution is 0.0434. The summed E-state index contributed by atoms with van der Waals surface area (Å²) in [5, 5.41) is 12.6. The Morgan fingerprint density at radius 1 is 1.57 bits per heavy atom. The highest BCUT2D eigenvalue weighted by atomic mass is 32.1. The third kappa shape index (κ3) is 2.53. The smallest absolute Gasteiger partial charge is 0.121 e. The first-order chi connectivity index (χ1) is 6.86. The molecule has 3 nitrogen and oxygen atoms in total. The molecule has 0 aromatic carbocycles. The summed E-state index contributed by atoms with van der Waals surface area (Å²) < 4.78 is 5.28. The molecule has 1 saturated heterocycles. The number of hydrogen-bond donors (Lipinski definition) is 1. The highest BCUT2D eigenvalue weighted by Crippen LogP contribution is 2.28. The molecule has 1 atom stereocenters. The monoisotopic (exact) mass is 213 g/mol. The molecule has 4 heteroatoms. The second kappa shape index (κ2) is 4.87. The molecule has 78 valence electrons. The fourth-order valence-corrected chi connectivity index (χ4v) is 2.43. The van der Waals surface area contributed by atoms with Crippen molar-refractivity contribution < 1.29 is 9.84 Å². The molecule has 2 rings (SSSR count). The van der Waals surface area contributed by atoms with Crippen molar-refractivity contribution in [1.29, 1.82) is 0 Å². The molecule has 1 fully saturated rings. The highest BCUT2D eigenvalue weighted by molar-refractivity contribution is 7.09. The zero-order chi connectivity index (χ0) is 9.80. The second-order valence-electron chi connectivity index (χ2n) is 3.68. The van der Waals surface area contributed by atoms with E-state index in [1.165, 1.54) is 11.3 Å². The van der Waals surface area contributed by atoms with Crippen LogP contribution >= 0.6 is 11.3 Å². The summed E-state index contributed by atoms with van der Waals surface area (Å²) in [6.45, 7) is 1.69. The number of hydrogen-bond acceptors (Lipinski definition) is 4. The minimum absolute atomic E-state index is 0.377. The molecule has 1 aromatic heterocycles. The average Bonchev–Trinajstić information content (AvgIpc) is 2.72. The molecule has 1 aliphatic rings. The number of nitrogens with zero attached hydrogens (tertiary/aromatic N) is 1. The maximum atomic E-state index is 9.87. The lowest BCUT2D eigenvalue weighted by atomic mass is 9.94. The summed E-state index contributed by atoms with van der Waals surface area (Å²) in [5.74, 6) is 0.600. The van der Waals surface area contributed by atoms with Gasteiger partial charge in [0.2, 0.25) is 0 Å². The largest absolute Gasteiger partial charge is 0.386 e. The van der Waals surface area contributed by atoms with E-state index < -0.39 is 0 Å². The van der Waals surface area contributed by atoms with Crippen LogP contribution in [-0.2, 0) is 4.74 Å². The molecule has 0 aliphatic carbocycles. The Balaban J connectivity index is 1.84. The van der Waals surface area contributed by atoms with Gasteiger partial charge in [0.05, 0.1) is 0 Å². The Labute approximate surface area is 87.7 Å². The van der Waals surface area contributed by atoms with Gasteiger partial charge in [-0.25, -0.2) is 4.98 Å². The molecule has 1 N–H and O–H groups in total. The van der Waals surface area contributed by atoms with E-state index in [2.05, 4.69) is 4.98 Å². The van der Waals surface area contributed by atoms with Gasteiger partial charge in [-0.15, -0.1) is 11.3 Å². The normalized spacial score (nSPS) is 20.9. The van der Waals surface area contributed by atoms with Crippen LogP contribution in [0.4, 0.5) is 0 Å². The van der Waals surface area contributed by atoms with E-state index in [4.69, 9.17) is 4.74 Å². The van der Waals surface area contributed by atoms with Crippen molar-refractivity contribution in [2.75, 3.05) is 13.2 Å². The number of aromatic nitrogens is 1. The topological polar surface area (TPSA) is 42.4 Å². The maximum absolute atomic E-state index is 9.87. The Morgan fingerprint density at radius 3 is 3.00 bits per heavy atom. The van der Waals surface area contributed by atoms with Crippen molar-refractivity contribution in [3.63, 3.8) is 0 Å². The van der Waals surface area contributed by atoms with Crippen LogP contribution in [0, 0.1) is 5.92 Å². The molecule has 0 bridgehead atoms. The van der Waals surface area contributed by atoms with Gasteiger partial charge < -0.3 is 9.84 Å². The van der Waals surface area contributed by atoms with Gasteiger partial charge in [-0.3, -0.25) is 0 Å². The number of aliphatic hydroxyl groups excluding tert-OH is 1. The Hall–Kier alpha value is -0.450. The van der Waals surface area contributed by atoms with E-state index >= 15 is 0 Å². The molecular formula is C10H15NO2S. The standard InChI is InChI=1S/C10H15NO2S/c12-9(10-11-3-6-14-10)7-8-1-4-13-5-2-8/h3,6,8-9,12H,1-2,4-5,7H2. The van der Waals surface area contributed by atoms with Crippen molar-refractivity contribution >= 4 is 11.3 Å². The number of aliphatic hydroxyl groups is 1. The summed E-state index contributed by atoms with van der Waals surface area (Å²) in [7, 11) is 0. The quantitative estimate of drug-likeness (QED) is 0.835. The van der Waals surface area contributed by atoms with Gasteiger partial charge in [-0.2, -0.15) is 0 Å². The Kier molecular flexibility index (Phi) is 3.50. The van der Waals surface area contributed by atoms with Crippen LogP contribution in [0.15, 0.2) is 11.6 Å². The molecule has 14 heavy (non-hydrogen) atoms. The molecule has 0 spiro atoms. The van der Waals surface area contributed by atoms with Crippen LogP contribution in [0.3, 0.4) is 0 Å². The van der Waals surface area contributed by atoms with Gasteiger partial charge in [0, 0.05) is 24.8 Å². The van der Waals surface area contributed by atoms with Gasteiger partial charge >= 0.3 is 0 Å². The first-order valence-corrected chi connectivity index (χ1v) is 5.89. The summed E-state index contributed by atoms with van der Waals surface area (Å²) in [6.07, 6.45) is 4.34. The number of thiazole rings is 1. The van der Waals surface area contributed by atoms with E-state index in [-0.39, 0.29) is 6.10 Å². The lowest BCUT2D eigenvalue weighted by Crippen LogP contribution is -2.17. The van der Waals surface area contributed by atoms with Gasteiger partial charge in [-0.05, 0) is 25.2 Å². The van der Waals surface area contributed by atoms with Gasteiger partial charge in [0.25, 0.3) is 0 Å². The van der Waals surface area contributed by atoms with Crippen LogP contribution in [-0.4, -0.2) is 23.3 Å². The SMILES string of the molecule is OC(CC1CCOCC1)c1nccs1. The van der Waals surface area contributed by atoms with Crippen molar-refractivity contribution in [1.82, 2.24) is 4.98 Å². The van der Waals surface area contributed by atoms with Crippen LogP contribution < -0.4 is 0 Å². The molecular weight excluding hydrogens is 198 g/mol. The maximum Gasteiger partial charge on any atom is 0.121 e. The van der Waals surface area contributed by atoms with E-state index in [1.807, 2.05) is 5.38 Å². The minimum atomic E-state index is -0.377. The van der Waals surface area contributed by atoms with Gasteiger partial charge in [-0.1, -0.05) is 0 Å². The van der Waals surface area contributed by atoms with Crippen molar-refractivity contribution in [2.24, 2.45) is 5.92 Å². The zero-order valence-corrected chi connectivity index (χ0v) is 8.87. The van der Waals surface area contributed by atoms with Crippen molar-refractivity contribution in [3.05, 3.63) is 16.6 Å². The van der Waals surface area contributed by atoms with Crippen LogP contribution in [0.5, 0.6) is 0 Å². The predicted molar refractivity (Wildman–Crippen MR) is 55.2 cm³/mol. The molecule has 0 radical (unpaired) electrons. The molecule has 1 aliphatic heterocycles. The summed E-state index contributed by atoms with van der Waals surface area (Å²) >= 11 is 1.53. The third-order valence-electron chi connectivity index (χ3n) is 2.63. The van der Waals surface area contributed by atoms with Crippen LogP contribution in [0.25, 0.3) is 0 Å². The van der Waals surface area contributed by atoms with Crippen molar-refractivity contribution in [2.45, 2.75) is 25.4 Å². The molecule has 0 saturated carbocycles. The summed E-state index contributed by atoms with van der Waals surface area (Å²) in [4.78, 5) is 4.12. The van der Waals surface area contributed by atoms with E-state index in [0.717, 1.165) is 37.5 Å². The molecule has 1 unspecified atom stereocenters. The molecule has 2 heterocycles. The fraction of sp³-hybridized carbons (Fsp3) is 0.700. The first-order valence-electron chi connectivity index (χ1n) is 5.01. The van der Waals surface area contributed by atoms with Crippen LogP contribution in [0.2, 0.25) is 0 Å². The lowest BCUT2D eigenvalue weighted by Gasteiger charge is -2.23. The van der Waals surface area contributed by atoms with Gasteiger partial charge in [0.15, 0.2) is 0 Å². The molecule has 1 aromatic rings. The first kappa shape index (κ1) is 10.1. The highest BCUT2D eigenvalue weighted by Gasteiger charge is 2.19. The number of ether oxygens (including phenoxy) is 1. The zero-order valence-electron chi connectivity index (χ0n) is 8.06. The van der Waals surface area contributed by atoms with Crippen molar-refractivity contribution in [3.8, 4) is 0 Å². The molecule has 0 amide bonds. The fourth-order valence-electron chi connectivity index (χ4n) is 1.80. The number of rotatable bonds is 3. The summed E-state index contributed by atoms with van der Waals surface area (Å²) in [6, 6.07) is 0. The Morgan fingerprint density at radius 2 is 2.36 bits per heavy atom. The van der Waals surface area contributed by atoms with Gasteiger partial charge in [0.1, 0.15) is 11.1 Å². The minimum Gasteiger partial charge on any atom is -0.386 e. The Bertz CT molecular complexity index is 257. The second-order valence-corrected chi connectivity index (χ2v) is 4.60. The van der Waals surface area contributed by atoms with E-state index in [0.29, 0.717) is 5.92 Å². The van der Waals surface area contributed by atoms with E-state index in [1.54, 1.807) is 6.20 Å². The van der Waals surface area contributed by atoms with E-state index in [9.17, 15) is 5.11 Å². The summed E-state index contributed by atoms with van der Waals surface area (Å²) in [5.41, 5.74) is 0. The predicted octanol–water partition coefficient (Wildman–Crippen LogP) is 1.99. The van der Waals surface area contributed by atoms with Crippen LogP contribution in [0.1, 0.15) is 30.4 Å². The third-order valence-corrected chi connectivity index (χ3v) is 3.51. The average molecular weight is 213 g/mol.